The van der Waals surface area contributed by atoms with Gasteiger partial charge in [-0.3, -0.25) is 14.6 Å². The lowest BCUT2D eigenvalue weighted by Gasteiger charge is -2.08. The van der Waals surface area contributed by atoms with Crippen LogP contribution in [0.1, 0.15) is 20.8 Å². The van der Waals surface area contributed by atoms with Crippen molar-refractivity contribution in [3.05, 3.63) is 88.7 Å². The van der Waals surface area contributed by atoms with E-state index in [2.05, 4.69) is 15.6 Å². The number of hydrogen-bond donors (Lipinski definition) is 2. The summed E-state index contributed by atoms with van der Waals surface area (Å²) in [5, 5.41) is 5.51. The first-order chi connectivity index (χ1) is 12.9. The van der Waals surface area contributed by atoms with Gasteiger partial charge >= 0.3 is 0 Å². The minimum Gasteiger partial charge on any atom is -0.322 e. The Labute approximate surface area is 158 Å². The molecule has 0 aliphatic rings. The maximum absolute atomic E-state index is 13.2. The van der Waals surface area contributed by atoms with Gasteiger partial charge in [-0.25, -0.2) is 8.78 Å². The molecule has 0 saturated heterocycles. The minimum absolute atomic E-state index is 0.0570. The number of anilines is 2. The van der Waals surface area contributed by atoms with Crippen molar-refractivity contribution in [3.63, 3.8) is 0 Å². The number of hydrogen-bond acceptors (Lipinski definition) is 3. The average Bonchev–Trinajstić information content (AvgIpc) is 2.65. The zero-order valence-electron chi connectivity index (χ0n) is 13.7. The molecule has 136 valence electrons. The Morgan fingerprint density at radius 3 is 2.33 bits per heavy atom. The predicted octanol–water partition coefficient (Wildman–Crippen LogP) is 4.52. The molecule has 5 nitrogen and oxygen atoms in total. The second kappa shape index (κ2) is 7.92. The van der Waals surface area contributed by atoms with Crippen LogP contribution in [0.15, 0.2) is 60.8 Å². The van der Waals surface area contributed by atoms with Crippen LogP contribution in [0.4, 0.5) is 20.2 Å². The Kier molecular flexibility index (Phi) is 5.42. The number of pyridine rings is 1. The van der Waals surface area contributed by atoms with Crippen molar-refractivity contribution >= 4 is 34.8 Å². The van der Waals surface area contributed by atoms with E-state index < -0.39 is 23.4 Å². The summed E-state index contributed by atoms with van der Waals surface area (Å²) in [6.07, 6.45) is 1.30. The van der Waals surface area contributed by atoms with Crippen LogP contribution in [0.2, 0.25) is 5.02 Å². The summed E-state index contributed by atoms with van der Waals surface area (Å²) in [5.41, 5.74) is 0.700. The molecule has 0 spiro atoms. The lowest BCUT2D eigenvalue weighted by Crippen LogP contribution is -2.17. The lowest BCUT2D eigenvalue weighted by molar-refractivity contribution is 0.102. The Hall–Kier alpha value is -3.32. The van der Waals surface area contributed by atoms with Gasteiger partial charge in [0.05, 0.1) is 0 Å². The van der Waals surface area contributed by atoms with E-state index in [4.69, 9.17) is 11.6 Å². The Morgan fingerprint density at radius 1 is 0.852 bits per heavy atom. The van der Waals surface area contributed by atoms with Gasteiger partial charge in [0.15, 0.2) is 11.6 Å². The topological polar surface area (TPSA) is 71.1 Å². The minimum atomic E-state index is -1.09. The highest BCUT2D eigenvalue weighted by molar-refractivity contribution is 6.31. The number of carbonyl (C=O) groups excluding carboxylic acids is 2. The summed E-state index contributed by atoms with van der Waals surface area (Å²) in [7, 11) is 0. The van der Waals surface area contributed by atoms with E-state index in [-0.39, 0.29) is 16.9 Å². The average molecular weight is 388 g/mol. The number of nitrogens with one attached hydrogen (secondary N) is 2. The van der Waals surface area contributed by atoms with Gasteiger partial charge in [-0.15, -0.1) is 0 Å². The van der Waals surface area contributed by atoms with E-state index in [0.29, 0.717) is 10.7 Å². The van der Waals surface area contributed by atoms with E-state index in [1.54, 1.807) is 24.3 Å². The fraction of sp³-hybridized carbons (Fsp3) is 0. The van der Waals surface area contributed by atoms with Crippen molar-refractivity contribution in [3.8, 4) is 0 Å². The fourth-order valence-corrected chi connectivity index (χ4v) is 2.42. The van der Waals surface area contributed by atoms with Crippen molar-refractivity contribution in [2.45, 2.75) is 0 Å². The molecule has 3 aromatic rings. The van der Waals surface area contributed by atoms with Crippen LogP contribution >= 0.6 is 11.6 Å². The molecule has 0 radical (unpaired) electrons. The predicted molar refractivity (Wildman–Crippen MR) is 98.0 cm³/mol. The van der Waals surface area contributed by atoms with Crippen LogP contribution in [-0.2, 0) is 0 Å². The number of rotatable bonds is 4. The molecular weight excluding hydrogens is 376 g/mol. The van der Waals surface area contributed by atoms with E-state index in [1.807, 2.05) is 0 Å². The quantitative estimate of drug-likeness (QED) is 0.691. The third-order valence-corrected chi connectivity index (χ3v) is 3.75. The first kappa shape index (κ1) is 18.5. The van der Waals surface area contributed by atoms with Crippen molar-refractivity contribution in [2.24, 2.45) is 0 Å². The van der Waals surface area contributed by atoms with Gasteiger partial charge in [0.2, 0.25) is 0 Å². The summed E-state index contributed by atoms with van der Waals surface area (Å²) in [5.74, 6) is -3.24. The second-order valence-corrected chi connectivity index (χ2v) is 5.91. The molecule has 0 aliphatic carbocycles. The Balaban J connectivity index is 1.75. The monoisotopic (exact) mass is 387 g/mol. The van der Waals surface area contributed by atoms with Crippen LogP contribution in [0.5, 0.6) is 0 Å². The molecule has 0 aliphatic heterocycles. The molecule has 2 N–H and O–H groups in total. The molecule has 0 saturated carbocycles. The fourth-order valence-electron chi connectivity index (χ4n) is 2.23. The number of amides is 2. The van der Waals surface area contributed by atoms with Crippen molar-refractivity contribution < 1.29 is 18.4 Å². The molecule has 27 heavy (non-hydrogen) atoms. The number of halogens is 3. The molecule has 0 bridgehead atoms. The van der Waals surface area contributed by atoms with Crippen LogP contribution in [0, 0.1) is 11.6 Å². The van der Waals surface area contributed by atoms with Crippen LogP contribution in [0.3, 0.4) is 0 Å². The lowest BCUT2D eigenvalue weighted by atomic mass is 10.2. The molecule has 1 heterocycles. The van der Waals surface area contributed by atoms with Gasteiger partial charge in [0, 0.05) is 34.2 Å². The molecule has 1 aromatic heterocycles. The summed E-state index contributed by atoms with van der Waals surface area (Å²) in [6.45, 7) is 0. The maximum Gasteiger partial charge on any atom is 0.274 e. The third kappa shape index (κ3) is 4.65. The van der Waals surface area contributed by atoms with Gasteiger partial charge in [0.25, 0.3) is 11.8 Å². The highest BCUT2D eigenvalue weighted by Gasteiger charge is 2.13. The number of aromatic nitrogens is 1. The highest BCUT2D eigenvalue weighted by Crippen LogP contribution is 2.17. The smallest absolute Gasteiger partial charge is 0.274 e. The first-order valence-corrected chi connectivity index (χ1v) is 8.09. The summed E-state index contributed by atoms with van der Waals surface area (Å²) < 4.78 is 26.2. The van der Waals surface area contributed by atoms with E-state index >= 15 is 0 Å². The van der Waals surface area contributed by atoms with Crippen molar-refractivity contribution in [1.29, 1.82) is 0 Å². The van der Waals surface area contributed by atoms with E-state index in [0.717, 1.165) is 12.1 Å². The molecule has 3 rings (SSSR count). The molecule has 2 amide bonds. The molecular formula is C19H12ClF2N3O2. The molecule has 2 aromatic carbocycles. The molecule has 0 fully saturated rings. The number of benzene rings is 2. The second-order valence-electron chi connectivity index (χ2n) is 5.48. The Bertz CT molecular complexity index is 1030. The molecule has 8 heteroatoms. The Morgan fingerprint density at radius 2 is 1.59 bits per heavy atom. The van der Waals surface area contributed by atoms with Crippen molar-refractivity contribution in [1.82, 2.24) is 4.98 Å². The number of nitrogens with zero attached hydrogens (tertiary/aromatic N) is 1. The zero-order valence-corrected chi connectivity index (χ0v) is 14.4. The SMILES string of the molecule is O=C(Nc1cccc(Cl)c1)c1ccnc(C(=O)Nc2ccc(F)c(F)c2)c1. The summed E-state index contributed by atoms with van der Waals surface area (Å²) >= 11 is 5.87. The van der Waals surface area contributed by atoms with Crippen molar-refractivity contribution in [2.75, 3.05) is 10.6 Å². The zero-order chi connectivity index (χ0) is 19.4. The first-order valence-electron chi connectivity index (χ1n) is 7.72. The van der Waals surface area contributed by atoms with Gasteiger partial charge in [-0.05, 0) is 42.5 Å². The van der Waals surface area contributed by atoms with Crippen LogP contribution in [0.25, 0.3) is 0 Å². The van der Waals surface area contributed by atoms with Gasteiger partial charge in [-0.1, -0.05) is 17.7 Å². The molecule has 0 unspecified atom stereocenters. The van der Waals surface area contributed by atoms with Crippen LogP contribution in [-0.4, -0.2) is 16.8 Å². The van der Waals surface area contributed by atoms with Gasteiger partial charge in [0.1, 0.15) is 5.69 Å². The van der Waals surface area contributed by atoms with E-state index in [9.17, 15) is 18.4 Å². The third-order valence-electron chi connectivity index (χ3n) is 3.51. The van der Waals surface area contributed by atoms with Crippen LogP contribution < -0.4 is 10.6 Å². The summed E-state index contributed by atoms with van der Waals surface area (Å²) in [6, 6.07) is 12.3. The normalized spacial score (nSPS) is 10.3. The summed E-state index contributed by atoms with van der Waals surface area (Å²) in [4.78, 5) is 28.5. The maximum atomic E-state index is 13.2. The van der Waals surface area contributed by atoms with Gasteiger partial charge in [-0.2, -0.15) is 0 Å². The highest BCUT2D eigenvalue weighted by atomic mass is 35.5. The van der Waals surface area contributed by atoms with E-state index in [1.165, 1.54) is 24.4 Å². The van der Waals surface area contributed by atoms with Gasteiger partial charge < -0.3 is 10.6 Å². The molecule has 0 atom stereocenters. The number of carbonyl (C=O) groups is 2. The largest absolute Gasteiger partial charge is 0.322 e. The standard InChI is InChI=1S/C19H12ClF2N3O2/c20-12-2-1-3-13(9-12)24-18(26)11-6-7-23-17(8-11)19(27)25-14-4-5-15(21)16(22)10-14/h1-10H,(H,24,26)(H,25,27).